The summed E-state index contributed by atoms with van der Waals surface area (Å²) in [5.41, 5.74) is 5.81. The highest BCUT2D eigenvalue weighted by atomic mass is 127. The molecular formula is C34H38I2N2O5S. The lowest BCUT2D eigenvalue weighted by Crippen LogP contribution is -2.28. The van der Waals surface area contributed by atoms with Crippen LogP contribution < -0.4 is 4.90 Å². The minimum absolute atomic E-state index is 0.110. The van der Waals surface area contributed by atoms with Crippen LogP contribution in [-0.4, -0.2) is 47.9 Å². The molecule has 10 heteroatoms. The molecule has 0 saturated heterocycles. The molecule has 234 valence electrons. The third kappa shape index (κ3) is 7.23. The first-order valence-electron chi connectivity index (χ1n) is 14.5. The van der Waals surface area contributed by atoms with E-state index in [1.54, 1.807) is 6.07 Å². The molecule has 0 saturated carbocycles. The van der Waals surface area contributed by atoms with E-state index in [9.17, 15) is 17.8 Å². The molecule has 0 radical (unpaired) electrons. The van der Waals surface area contributed by atoms with Crippen molar-refractivity contribution in [3.05, 3.63) is 96.8 Å². The molecule has 1 N–H and O–H groups in total. The van der Waals surface area contributed by atoms with Crippen LogP contribution in [0.3, 0.4) is 0 Å². The van der Waals surface area contributed by atoms with E-state index in [2.05, 4.69) is 99.8 Å². The van der Waals surface area contributed by atoms with Gasteiger partial charge in [-0.1, -0.05) is 44.2 Å². The number of nitrogens with zero attached hydrogens (tertiary/aromatic N) is 2. The maximum absolute atomic E-state index is 11.8. The van der Waals surface area contributed by atoms with Crippen molar-refractivity contribution in [3.63, 3.8) is 0 Å². The number of carboxylic acids is 1. The van der Waals surface area contributed by atoms with Crippen LogP contribution in [0.25, 0.3) is 0 Å². The van der Waals surface area contributed by atoms with Crippen LogP contribution in [0.1, 0.15) is 64.5 Å². The number of aliphatic carboxylic acids is 1. The molecule has 0 unspecified atom stereocenters. The maximum Gasteiger partial charge on any atom is 0.303 e. The van der Waals surface area contributed by atoms with Gasteiger partial charge in [0.15, 0.2) is 5.71 Å². The zero-order chi connectivity index (χ0) is 32.4. The molecule has 0 aromatic heterocycles. The van der Waals surface area contributed by atoms with Gasteiger partial charge in [0, 0.05) is 67.1 Å². The van der Waals surface area contributed by atoms with Gasteiger partial charge in [0.25, 0.3) is 0 Å². The van der Waals surface area contributed by atoms with E-state index in [1.807, 2.05) is 44.2 Å². The molecule has 2 aliphatic heterocycles. The monoisotopic (exact) mass is 840 g/mol. The lowest BCUT2D eigenvalue weighted by molar-refractivity contribution is -0.438. The van der Waals surface area contributed by atoms with Crippen LogP contribution in [0.2, 0.25) is 0 Å². The van der Waals surface area contributed by atoms with E-state index < -0.39 is 21.5 Å². The number of carbonyl (C=O) groups is 1. The van der Waals surface area contributed by atoms with Gasteiger partial charge in [0.1, 0.15) is 16.7 Å². The highest BCUT2D eigenvalue weighted by Gasteiger charge is 2.44. The second-order valence-corrected chi connectivity index (χ2v) is 15.9. The van der Waals surface area contributed by atoms with Gasteiger partial charge in [-0.2, -0.15) is 4.58 Å². The number of anilines is 1. The van der Waals surface area contributed by atoms with Crippen LogP contribution in [0.5, 0.6) is 0 Å². The van der Waals surface area contributed by atoms with Gasteiger partial charge >= 0.3 is 5.97 Å². The smallest absolute Gasteiger partial charge is 0.303 e. The third-order valence-electron chi connectivity index (χ3n) is 8.40. The number of halogens is 2. The van der Waals surface area contributed by atoms with Gasteiger partial charge in [0.05, 0.1) is 10.3 Å². The number of carboxylic acid groups (broad SMARTS) is 1. The fraction of sp³-hybridized carbons (Fsp3) is 0.353. The Bertz CT molecular complexity index is 1730. The maximum atomic E-state index is 11.8. The van der Waals surface area contributed by atoms with E-state index in [0.29, 0.717) is 13.0 Å². The first kappa shape index (κ1) is 34.6. The molecular weight excluding hydrogens is 802 g/mol. The summed E-state index contributed by atoms with van der Waals surface area (Å²) >= 11 is 4.80. The molecule has 4 rings (SSSR count). The zero-order valence-corrected chi connectivity index (χ0v) is 30.7. The second-order valence-electron chi connectivity index (χ2n) is 12.1. The number of allylic oxidation sites excluding steroid dienone is 8. The molecule has 2 heterocycles. The summed E-state index contributed by atoms with van der Waals surface area (Å²) in [5.74, 6) is -0.801. The highest BCUT2D eigenvalue weighted by Crippen LogP contribution is 2.49. The molecule has 0 fully saturated rings. The van der Waals surface area contributed by atoms with E-state index in [1.165, 1.54) is 36.2 Å². The molecule has 2 aromatic carbocycles. The average Bonchev–Trinajstić information content (AvgIpc) is 3.24. The Labute approximate surface area is 288 Å². The topological polar surface area (TPSA) is 101 Å². The summed E-state index contributed by atoms with van der Waals surface area (Å²) in [5, 5.41) is 8.96. The Kier molecular flexibility index (Phi) is 10.7. The summed E-state index contributed by atoms with van der Waals surface area (Å²) in [6.07, 6.45) is 16.4. The van der Waals surface area contributed by atoms with Gasteiger partial charge < -0.3 is 14.6 Å². The van der Waals surface area contributed by atoms with Crippen molar-refractivity contribution >= 4 is 78.4 Å². The van der Waals surface area contributed by atoms with E-state index >= 15 is 0 Å². The standard InChI is InChI=1S/C34H38I2N2O5S/c1-33(2)25-22-24(44(41,42)43)17-18-27(25)38(19-13-9-12-16-31(39)40)30(33)15-11-8-6-7-10-14-29-34(3,4)32-26(36)20-23(35)21-28(32)37(29)5/h6-8,10-11,14-15,17-18,20-22H,9,12-13,16,19H2,1-5H3,(H-,39,40,41,42,43). The number of unbranched alkanes of at least 4 members (excludes halogenated alkanes) is 2. The van der Waals surface area contributed by atoms with E-state index in [0.717, 1.165) is 29.8 Å². The molecule has 0 amide bonds. The quantitative estimate of drug-likeness (QED) is 0.0816. The molecule has 7 nitrogen and oxygen atoms in total. The number of benzene rings is 2. The summed E-state index contributed by atoms with van der Waals surface area (Å²) in [7, 11) is -2.47. The highest BCUT2D eigenvalue weighted by molar-refractivity contribution is 14.1. The van der Waals surface area contributed by atoms with Gasteiger partial charge in [-0.15, -0.1) is 0 Å². The Balaban J connectivity index is 1.55. The first-order chi connectivity index (χ1) is 20.6. The van der Waals surface area contributed by atoms with Crippen LogP contribution in [0.15, 0.2) is 83.5 Å². The number of rotatable bonds is 11. The lowest BCUT2D eigenvalue weighted by Gasteiger charge is -2.24. The van der Waals surface area contributed by atoms with Gasteiger partial charge in [-0.25, -0.2) is 8.42 Å². The SMILES string of the molecule is CN1C(=CC=CC=CC=CC2=[N+](CCCCCC(=O)O)c3ccc(S(=O)(=O)[O-])cc3C2(C)C)C(C)(C)c2c(I)cc(I)cc21. The van der Waals surface area contributed by atoms with Crippen molar-refractivity contribution in [1.82, 2.24) is 0 Å². The Morgan fingerprint density at radius 1 is 0.977 bits per heavy atom. The first-order valence-corrected chi connectivity index (χ1v) is 18.1. The van der Waals surface area contributed by atoms with Crippen LogP contribution in [0, 0.1) is 7.14 Å². The van der Waals surface area contributed by atoms with Gasteiger partial charge in [0.2, 0.25) is 5.69 Å². The fourth-order valence-corrected chi connectivity index (χ4v) is 9.19. The van der Waals surface area contributed by atoms with Crippen LogP contribution >= 0.6 is 45.2 Å². The van der Waals surface area contributed by atoms with E-state index in [-0.39, 0.29) is 16.7 Å². The van der Waals surface area contributed by atoms with Crippen molar-refractivity contribution in [1.29, 1.82) is 0 Å². The van der Waals surface area contributed by atoms with Crippen molar-refractivity contribution in [2.24, 2.45) is 0 Å². The summed E-state index contributed by atoms with van der Waals surface area (Å²) in [4.78, 5) is 12.9. The predicted molar refractivity (Wildman–Crippen MR) is 192 cm³/mol. The summed E-state index contributed by atoms with van der Waals surface area (Å²) in [6.45, 7) is 9.21. The van der Waals surface area contributed by atoms with E-state index in [4.69, 9.17) is 5.11 Å². The molecule has 0 aliphatic carbocycles. The molecule has 0 atom stereocenters. The minimum Gasteiger partial charge on any atom is -0.744 e. The Morgan fingerprint density at radius 3 is 2.34 bits per heavy atom. The van der Waals surface area contributed by atoms with Crippen LogP contribution in [-0.2, 0) is 25.7 Å². The molecule has 44 heavy (non-hydrogen) atoms. The predicted octanol–water partition coefficient (Wildman–Crippen LogP) is 7.80. The number of likely N-dealkylation sites (N-methyl/N-ethyl adjacent to an activating group) is 1. The van der Waals surface area contributed by atoms with Crippen molar-refractivity contribution in [3.8, 4) is 0 Å². The van der Waals surface area contributed by atoms with Crippen molar-refractivity contribution < 1.29 is 27.4 Å². The summed E-state index contributed by atoms with van der Waals surface area (Å²) in [6, 6.07) is 9.01. The average molecular weight is 841 g/mol. The molecule has 2 aliphatic rings. The Morgan fingerprint density at radius 2 is 1.66 bits per heavy atom. The lowest BCUT2D eigenvalue weighted by atomic mass is 9.81. The molecule has 0 spiro atoms. The van der Waals surface area contributed by atoms with Gasteiger partial charge in [-0.05, 0) is 102 Å². The number of hydrogen-bond acceptors (Lipinski definition) is 5. The molecule has 2 aromatic rings. The summed E-state index contributed by atoms with van der Waals surface area (Å²) < 4.78 is 39.9. The fourth-order valence-electron chi connectivity index (χ4n) is 6.20. The van der Waals surface area contributed by atoms with Crippen molar-refractivity contribution in [2.45, 2.75) is 69.1 Å². The Hall–Kier alpha value is -2.29. The number of hydrogen-bond donors (Lipinski definition) is 1. The second kappa shape index (κ2) is 13.6. The van der Waals surface area contributed by atoms with Gasteiger partial charge in [-0.3, -0.25) is 4.79 Å². The number of fused-ring (bicyclic) bond motifs is 2. The molecule has 0 bridgehead atoms. The minimum atomic E-state index is -4.59. The largest absolute Gasteiger partial charge is 0.744 e. The van der Waals surface area contributed by atoms with Crippen molar-refractivity contribution in [2.75, 3.05) is 18.5 Å². The zero-order valence-electron chi connectivity index (χ0n) is 25.6. The normalized spacial score (nSPS) is 18.4. The van der Waals surface area contributed by atoms with Crippen LogP contribution in [0.4, 0.5) is 11.4 Å². The third-order valence-corrected chi connectivity index (χ3v) is 10.7.